The van der Waals surface area contributed by atoms with Crippen LogP contribution in [0.4, 0.5) is 11.4 Å². The van der Waals surface area contributed by atoms with Gasteiger partial charge in [0.25, 0.3) is 0 Å². The Labute approximate surface area is 226 Å². The zero-order chi connectivity index (χ0) is 26.9. The first-order valence-electron chi connectivity index (χ1n) is 11.7. The number of carbonyl (C=O) groups excluding carboxylic acids is 1. The van der Waals surface area contributed by atoms with Gasteiger partial charge in [0.15, 0.2) is 5.11 Å². The molecule has 2 aromatic heterocycles. The SMILES string of the molecule is COC(=O)c1cccc(-n2cccc2C2C(c3ccccn3)NC(=S)N2c2ccc(NS(C)(=O)=O)cc2)c1. The Balaban J connectivity index is 1.61. The van der Waals surface area contributed by atoms with Crippen molar-refractivity contribution in [3.8, 4) is 5.69 Å². The molecule has 4 aromatic rings. The van der Waals surface area contributed by atoms with Crippen molar-refractivity contribution >= 4 is 44.7 Å². The zero-order valence-corrected chi connectivity index (χ0v) is 22.2. The summed E-state index contributed by atoms with van der Waals surface area (Å²) < 4.78 is 32.7. The lowest BCUT2D eigenvalue weighted by molar-refractivity contribution is 0.0600. The van der Waals surface area contributed by atoms with E-state index in [1.54, 1.807) is 30.5 Å². The van der Waals surface area contributed by atoms with Gasteiger partial charge in [-0.1, -0.05) is 12.1 Å². The minimum absolute atomic E-state index is 0.282. The third kappa shape index (κ3) is 5.11. The van der Waals surface area contributed by atoms with Gasteiger partial charge < -0.3 is 19.5 Å². The van der Waals surface area contributed by atoms with Crippen molar-refractivity contribution in [2.24, 2.45) is 0 Å². The highest BCUT2D eigenvalue weighted by atomic mass is 32.2. The second-order valence-corrected chi connectivity index (χ2v) is 10.9. The largest absolute Gasteiger partial charge is 0.465 e. The second kappa shape index (κ2) is 10.3. The summed E-state index contributed by atoms with van der Waals surface area (Å²) in [6.45, 7) is 0. The van der Waals surface area contributed by atoms with Gasteiger partial charge in [-0.25, -0.2) is 13.2 Å². The fraction of sp³-hybridized carbons (Fsp3) is 0.148. The van der Waals surface area contributed by atoms with Crippen LogP contribution < -0.4 is 14.9 Å². The van der Waals surface area contributed by atoms with E-state index in [1.807, 2.05) is 70.3 Å². The lowest BCUT2D eigenvalue weighted by Gasteiger charge is -2.29. The van der Waals surface area contributed by atoms with E-state index in [1.165, 1.54) is 7.11 Å². The highest BCUT2D eigenvalue weighted by Gasteiger charge is 2.42. The van der Waals surface area contributed by atoms with Crippen LogP contribution >= 0.6 is 12.2 Å². The van der Waals surface area contributed by atoms with Gasteiger partial charge in [0.2, 0.25) is 10.0 Å². The molecule has 0 saturated carbocycles. The number of aromatic nitrogens is 2. The number of nitrogens with one attached hydrogen (secondary N) is 2. The topological polar surface area (TPSA) is 106 Å². The number of rotatable bonds is 7. The van der Waals surface area contributed by atoms with Crippen molar-refractivity contribution in [1.82, 2.24) is 14.9 Å². The summed E-state index contributed by atoms with van der Waals surface area (Å²) >= 11 is 5.81. The molecule has 11 heteroatoms. The quantitative estimate of drug-likeness (QED) is 0.262. The summed E-state index contributed by atoms with van der Waals surface area (Å²) in [7, 11) is -2.05. The predicted molar refractivity (Wildman–Crippen MR) is 150 cm³/mol. The van der Waals surface area contributed by atoms with E-state index in [2.05, 4.69) is 15.0 Å². The Hall–Kier alpha value is -4.22. The molecule has 1 aliphatic heterocycles. The number of sulfonamides is 1. The van der Waals surface area contributed by atoms with E-state index < -0.39 is 16.0 Å². The first kappa shape index (κ1) is 25.4. The molecule has 1 saturated heterocycles. The normalized spacial score (nSPS) is 17.2. The van der Waals surface area contributed by atoms with E-state index in [0.717, 1.165) is 29.0 Å². The number of anilines is 2. The molecule has 2 aromatic carbocycles. The van der Waals surface area contributed by atoms with Crippen LogP contribution in [0.1, 0.15) is 33.8 Å². The molecule has 0 bridgehead atoms. The number of thiocarbonyl (C=S) groups is 1. The summed E-state index contributed by atoms with van der Waals surface area (Å²) in [6, 6.07) is 23.3. The number of methoxy groups -OCH3 is 1. The van der Waals surface area contributed by atoms with Gasteiger partial charge in [0.1, 0.15) is 6.04 Å². The van der Waals surface area contributed by atoms with Crippen molar-refractivity contribution in [3.05, 3.63) is 108 Å². The Kier molecular flexibility index (Phi) is 6.87. The van der Waals surface area contributed by atoms with Gasteiger partial charge in [-0.2, -0.15) is 0 Å². The van der Waals surface area contributed by atoms with Crippen LogP contribution in [0.2, 0.25) is 0 Å². The third-order valence-electron chi connectivity index (χ3n) is 6.18. The van der Waals surface area contributed by atoms with Gasteiger partial charge in [0.05, 0.1) is 30.7 Å². The molecule has 1 aliphatic rings. The monoisotopic (exact) mass is 547 g/mol. The first-order valence-corrected chi connectivity index (χ1v) is 14.0. The van der Waals surface area contributed by atoms with Gasteiger partial charge in [-0.3, -0.25) is 9.71 Å². The smallest absolute Gasteiger partial charge is 0.337 e. The number of benzene rings is 2. The lowest BCUT2D eigenvalue weighted by Crippen LogP contribution is -2.30. The summed E-state index contributed by atoms with van der Waals surface area (Å²) in [4.78, 5) is 18.8. The second-order valence-electron chi connectivity index (χ2n) is 8.76. The minimum Gasteiger partial charge on any atom is -0.465 e. The number of pyridine rings is 1. The van der Waals surface area contributed by atoms with Crippen LogP contribution in [0.25, 0.3) is 5.69 Å². The number of hydrogen-bond donors (Lipinski definition) is 2. The van der Waals surface area contributed by atoms with Crippen LogP contribution in [-0.4, -0.2) is 42.4 Å². The van der Waals surface area contributed by atoms with Gasteiger partial charge >= 0.3 is 5.97 Å². The maximum atomic E-state index is 12.2. The number of nitrogens with zero attached hydrogens (tertiary/aromatic N) is 3. The van der Waals surface area contributed by atoms with Crippen molar-refractivity contribution in [2.45, 2.75) is 12.1 Å². The number of ether oxygens (including phenoxy) is 1. The molecular formula is C27H25N5O4S2. The van der Waals surface area contributed by atoms with E-state index in [0.29, 0.717) is 16.4 Å². The molecule has 194 valence electrons. The molecule has 38 heavy (non-hydrogen) atoms. The molecule has 0 aliphatic carbocycles. The molecule has 1 fully saturated rings. The molecule has 3 heterocycles. The Morgan fingerprint density at radius 3 is 2.50 bits per heavy atom. The Morgan fingerprint density at radius 1 is 1.03 bits per heavy atom. The molecule has 2 unspecified atom stereocenters. The Morgan fingerprint density at radius 2 is 1.82 bits per heavy atom. The molecule has 0 spiro atoms. The molecule has 5 rings (SSSR count). The van der Waals surface area contributed by atoms with Crippen LogP contribution in [0.3, 0.4) is 0 Å². The minimum atomic E-state index is -3.41. The molecule has 9 nitrogen and oxygen atoms in total. The molecule has 0 radical (unpaired) electrons. The summed E-state index contributed by atoms with van der Waals surface area (Å²) in [5.74, 6) is -0.417. The molecule has 2 atom stereocenters. The van der Waals surface area contributed by atoms with Crippen LogP contribution in [-0.2, 0) is 14.8 Å². The molecular weight excluding hydrogens is 522 g/mol. The molecule has 0 amide bonds. The standard InChI is InChI=1S/C27H25N5O4S2/c1-36-26(33)18-7-5-8-21(17-18)31-16-6-10-23(31)25-24(22-9-3-4-15-28-22)29-27(37)32(25)20-13-11-19(12-14-20)30-38(2,34)35/h3-17,24-25,30H,1-2H3,(H,29,37). The van der Waals surface area contributed by atoms with Crippen molar-refractivity contribution in [1.29, 1.82) is 0 Å². The highest BCUT2D eigenvalue weighted by Crippen LogP contribution is 2.42. The first-order chi connectivity index (χ1) is 18.2. The van der Waals surface area contributed by atoms with Crippen molar-refractivity contribution < 1.29 is 17.9 Å². The van der Waals surface area contributed by atoms with Crippen LogP contribution in [0, 0.1) is 0 Å². The van der Waals surface area contributed by atoms with Gasteiger partial charge in [-0.15, -0.1) is 0 Å². The average Bonchev–Trinajstić information content (AvgIpc) is 3.53. The average molecular weight is 548 g/mol. The van der Waals surface area contributed by atoms with Gasteiger partial charge in [0, 0.05) is 35.1 Å². The van der Waals surface area contributed by atoms with Crippen molar-refractivity contribution in [2.75, 3.05) is 23.0 Å². The molecule has 2 N–H and O–H groups in total. The predicted octanol–water partition coefficient (Wildman–Crippen LogP) is 4.21. The summed E-state index contributed by atoms with van der Waals surface area (Å²) in [5.41, 5.74) is 4.19. The van der Waals surface area contributed by atoms with E-state index in [-0.39, 0.29) is 12.1 Å². The number of hydrogen-bond acceptors (Lipinski definition) is 6. The maximum Gasteiger partial charge on any atom is 0.337 e. The maximum absolute atomic E-state index is 12.2. The summed E-state index contributed by atoms with van der Waals surface area (Å²) in [5, 5.41) is 3.93. The van der Waals surface area contributed by atoms with Crippen molar-refractivity contribution in [3.63, 3.8) is 0 Å². The lowest BCUT2D eigenvalue weighted by atomic mass is 10.0. The van der Waals surface area contributed by atoms with Crippen LogP contribution in [0.15, 0.2) is 91.3 Å². The fourth-order valence-corrected chi connectivity index (χ4v) is 5.52. The summed E-state index contributed by atoms with van der Waals surface area (Å²) in [6.07, 6.45) is 4.78. The van der Waals surface area contributed by atoms with Crippen LogP contribution in [0.5, 0.6) is 0 Å². The van der Waals surface area contributed by atoms with E-state index in [9.17, 15) is 13.2 Å². The van der Waals surface area contributed by atoms with E-state index in [4.69, 9.17) is 17.0 Å². The fourth-order valence-electron chi connectivity index (χ4n) is 4.61. The number of carbonyl (C=O) groups is 1. The Bertz CT molecular complexity index is 1590. The highest BCUT2D eigenvalue weighted by molar-refractivity contribution is 7.92. The van der Waals surface area contributed by atoms with E-state index >= 15 is 0 Å². The van der Waals surface area contributed by atoms with Gasteiger partial charge in [-0.05, 0) is 78.9 Å². The number of esters is 1. The zero-order valence-electron chi connectivity index (χ0n) is 20.6. The third-order valence-corrected chi connectivity index (χ3v) is 7.10.